The van der Waals surface area contributed by atoms with Crippen LogP contribution in [0.15, 0.2) is 54.1 Å². The SMILES string of the molecule is C=CCC12C(OCc3ccccc3)CC3/C(=C(\C)C(=O)OC)C(=O)C1CCN32. The number of nitrogens with zero attached hydrogens (tertiary/aromatic N) is 1. The van der Waals surface area contributed by atoms with E-state index < -0.39 is 5.97 Å². The van der Waals surface area contributed by atoms with Crippen molar-refractivity contribution in [1.29, 1.82) is 0 Å². The van der Waals surface area contributed by atoms with Crippen LogP contribution < -0.4 is 0 Å². The highest BCUT2D eigenvalue weighted by molar-refractivity contribution is 6.07. The van der Waals surface area contributed by atoms with Gasteiger partial charge in [-0.1, -0.05) is 36.4 Å². The molecule has 3 aliphatic heterocycles. The van der Waals surface area contributed by atoms with Crippen molar-refractivity contribution in [3.63, 3.8) is 0 Å². The zero-order valence-electron chi connectivity index (χ0n) is 16.5. The number of carbonyl (C=O) groups is 2. The third-order valence-corrected chi connectivity index (χ3v) is 6.74. The fraction of sp³-hybridized carbons (Fsp3) is 0.478. The maximum absolute atomic E-state index is 13.4. The van der Waals surface area contributed by atoms with Crippen molar-refractivity contribution in [3.8, 4) is 0 Å². The normalized spacial score (nSPS) is 35.0. The minimum absolute atomic E-state index is 0.0740. The Morgan fingerprint density at radius 2 is 2.11 bits per heavy atom. The van der Waals surface area contributed by atoms with Gasteiger partial charge in [0.2, 0.25) is 0 Å². The van der Waals surface area contributed by atoms with Gasteiger partial charge in [0.25, 0.3) is 0 Å². The van der Waals surface area contributed by atoms with Gasteiger partial charge in [0.15, 0.2) is 5.78 Å². The molecule has 28 heavy (non-hydrogen) atoms. The fourth-order valence-electron chi connectivity index (χ4n) is 5.60. The molecule has 1 aromatic rings. The Morgan fingerprint density at radius 3 is 2.79 bits per heavy atom. The Hall–Kier alpha value is -2.24. The fourth-order valence-corrected chi connectivity index (χ4v) is 5.60. The Labute approximate surface area is 166 Å². The molecule has 5 atom stereocenters. The lowest BCUT2D eigenvalue weighted by Gasteiger charge is -2.45. The van der Waals surface area contributed by atoms with E-state index in [1.54, 1.807) is 6.92 Å². The van der Waals surface area contributed by atoms with E-state index in [-0.39, 0.29) is 29.4 Å². The molecule has 5 heteroatoms. The van der Waals surface area contributed by atoms with E-state index in [1.165, 1.54) is 7.11 Å². The Bertz CT molecular complexity index is 830. The molecule has 3 fully saturated rings. The summed E-state index contributed by atoms with van der Waals surface area (Å²) < 4.78 is 11.3. The second kappa shape index (κ2) is 7.30. The number of carbonyl (C=O) groups excluding carboxylic acids is 2. The minimum Gasteiger partial charge on any atom is -0.466 e. The summed E-state index contributed by atoms with van der Waals surface area (Å²) in [6.07, 6.45) is 4.06. The van der Waals surface area contributed by atoms with Crippen LogP contribution in [0.4, 0.5) is 0 Å². The van der Waals surface area contributed by atoms with Crippen LogP contribution in [0, 0.1) is 5.92 Å². The molecule has 0 aliphatic carbocycles. The number of Topliss-reactive ketones (excluding diaryl/α,β-unsaturated/α-hetero) is 1. The largest absolute Gasteiger partial charge is 0.466 e. The van der Waals surface area contributed by atoms with Crippen molar-refractivity contribution in [3.05, 3.63) is 59.7 Å². The molecule has 0 saturated carbocycles. The van der Waals surface area contributed by atoms with Crippen LogP contribution in [0.1, 0.15) is 31.7 Å². The van der Waals surface area contributed by atoms with Crippen LogP contribution in [-0.2, 0) is 25.7 Å². The van der Waals surface area contributed by atoms with Crippen molar-refractivity contribution in [2.45, 2.75) is 50.5 Å². The summed E-state index contributed by atoms with van der Waals surface area (Å²) in [4.78, 5) is 28.0. The minimum atomic E-state index is -0.422. The van der Waals surface area contributed by atoms with Crippen molar-refractivity contribution in [1.82, 2.24) is 4.90 Å². The quantitative estimate of drug-likeness (QED) is 0.431. The number of ketones is 1. The van der Waals surface area contributed by atoms with Gasteiger partial charge in [0.05, 0.1) is 25.4 Å². The first-order valence-electron chi connectivity index (χ1n) is 9.91. The maximum atomic E-state index is 13.4. The molecular formula is C23H27NO4. The summed E-state index contributed by atoms with van der Waals surface area (Å²) in [5, 5.41) is 0. The Morgan fingerprint density at radius 1 is 1.36 bits per heavy atom. The predicted octanol–water partition coefficient (Wildman–Crippen LogP) is 3.05. The number of rotatable bonds is 6. The Kier molecular flexibility index (Phi) is 4.98. The van der Waals surface area contributed by atoms with Crippen LogP contribution in [0.25, 0.3) is 0 Å². The number of hydrogen-bond donors (Lipinski definition) is 0. The molecular weight excluding hydrogens is 354 g/mol. The van der Waals surface area contributed by atoms with Gasteiger partial charge in [-0.2, -0.15) is 0 Å². The lowest BCUT2D eigenvalue weighted by atomic mass is 9.74. The molecule has 3 heterocycles. The Balaban J connectivity index is 1.70. The molecule has 0 radical (unpaired) electrons. The van der Waals surface area contributed by atoms with E-state index in [4.69, 9.17) is 9.47 Å². The van der Waals surface area contributed by atoms with Gasteiger partial charge >= 0.3 is 5.97 Å². The molecule has 4 rings (SSSR count). The molecule has 1 aromatic carbocycles. The smallest absolute Gasteiger partial charge is 0.333 e. The highest BCUT2D eigenvalue weighted by Crippen LogP contribution is 2.56. The number of methoxy groups -OCH3 is 1. The van der Waals surface area contributed by atoms with Crippen molar-refractivity contribution in [2.75, 3.05) is 13.7 Å². The van der Waals surface area contributed by atoms with E-state index >= 15 is 0 Å². The van der Waals surface area contributed by atoms with Crippen LogP contribution >= 0.6 is 0 Å². The first-order chi connectivity index (χ1) is 13.5. The van der Waals surface area contributed by atoms with E-state index in [2.05, 4.69) is 11.5 Å². The van der Waals surface area contributed by atoms with E-state index in [0.29, 0.717) is 30.6 Å². The average Bonchev–Trinajstić information content (AvgIpc) is 3.14. The lowest BCUT2D eigenvalue weighted by molar-refractivity contribution is -0.137. The molecule has 3 aliphatic rings. The van der Waals surface area contributed by atoms with Crippen LogP contribution in [0.5, 0.6) is 0 Å². The molecule has 0 aromatic heterocycles. The number of piperidine rings is 1. The van der Waals surface area contributed by atoms with Crippen molar-refractivity contribution in [2.24, 2.45) is 5.92 Å². The molecule has 5 nitrogen and oxygen atoms in total. The van der Waals surface area contributed by atoms with Gasteiger partial charge in [-0.05, 0) is 31.7 Å². The van der Waals surface area contributed by atoms with Gasteiger partial charge in [0.1, 0.15) is 0 Å². The monoisotopic (exact) mass is 381 g/mol. The van der Waals surface area contributed by atoms with Crippen molar-refractivity contribution < 1.29 is 19.1 Å². The summed E-state index contributed by atoms with van der Waals surface area (Å²) in [6.45, 7) is 7.02. The number of esters is 1. The zero-order valence-corrected chi connectivity index (χ0v) is 16.5. The van der Waals surface area contributed by atoms with E-state index in [0.717, 1.165) is 18.5 Å². The third kappa shape index (κ3) is 2.68. The van der Waals surface area contributed by atoms with E-state index in [9.17, 15) is 9.59 Å². The van der Waals surface area contributed by atoms with Crippen molar-refractivity contribution >= 4 is 11.8 Å². The van der Waals surface area contributed by atoms with Gasteiger partial charge < -0.3 is 9.47 Å². The standard InChI is InChI=1S/C23H27NO4/c1-4-11-23-17-10-12-24(23)18(20(21(17)25)15(2)22(26)27-3)13-19(23)28-14-16-8-6-5-7-9-16/h4-9,17-19H,1,10-14H2,2-3H3/b20-15-. The third-order valence-electron chi connectivity index (χ3n) is 6.74. The lowest BCUT2D eigenvalue weighted by Crippen LogP contribution is -2.58. The molecule has 0 amide bonds. The first-order valence-corrected chi connectivity index (χ1v) is 9.91. The summed E-state index contributed by atoms with van der Waals surface area (Å²) >= 11 is 0. The first kappa shape index (κ1) is 19.1. The van der Waals surface area contributed by atoms with Gasteiger partial charge in [-0.3, -0.25) is 9.69 Å². The molecule has 0 N–H and O–H groups in total. The molecule has 3 saturated heterocycles. The number of hydrogen-bond acceptors (Lipinski definition) is 5. The molecule has 148 valence electrons. The summed E-state index contributed by atoms with van der Waals surface area (Å²) in [5.74, 6) is -0.497. The molecule has 5 unspecified atom stereocenters. The van der Waals surface area contributed by atoms with Gasteiger partial charge in [0, 0.05) is 29.7 Å². The predicted molar refractivity (Wildman–Crippen MR) is 106 cm³/mol. The topological polar surface area (TPSA) is 55.8 Å². The second-order valence-electron chi connectivity index (χ2n) is 7.95. The van der Waals surface area contributed by atoms with Crippen LogP contribution in [0.3, 0.4) is 0 Å². The van der Waals surface area contributed by atoms with E-state index in [1.807, 2.05) is 36.4 Å². The molecule has 0 spiro atoms. The van der Waals surface area contributed by atoms with Gasteiger partial charge in [-0.25, -0.2) is 4.79 Å². The number of benzene rings is 1. The summed E-state index contributed by atoms with van der Waals surface area (Å²) in [5.41, 5.74) is 1.83. The van der Waals surface area contributed by atoms with Crippen LogP contribution in [-0.4, -0.2) is 48.0 Å². The van der Waals surface area contributed by atoms with Crippen LogP contribution in [0.2, 0.25) is 0 Å². The zero-order chi connectivity index (χ0) is 19.9. The second-order valence-corrected chi connectivity index (χ2v) is 7.95. The number of ether oxygens (including phenoxy) is 2. The average molecular weight is 381 g/mol. The highest BCUT2D eigenvalue weighted by atomic mass is 16.5. The maximum Gasteiger partial charge on any atom is 0.333 e. The molecule has 4 bridgehead atoms. The van der Waals surface area contributed by atoms with Gasteiger partial charge in [-0.15, -0.1) is 6.58 Å². The highest BCUT2D eigenvalue weighted by Gasteiger charge is 2.67. The summed E-state index contributed by atoms with van der Waals surface area (Å²) in [6, 6.07) is 10.0. The summed E-state index contributed by atoms with van der Waals surface area (Å²) in [7, 11) is 1.36.